The summed E-state index contributed by atoms with van der Waals surface area (Å²) in [5, 5.41) is 8.54. The van der Waals surface area contributed by atoms with Crippen LogP contribution in [-0.4, -0.2) is 15.7 Å². The number of aromatic nitrogens is 2. The third kappa shape index (κ3) is 2.93. The van der Waals surface area contributed by atoms with E-state index in [1.807, 2.05) is 57.2 Å². The average Bonchev–Trinajstić information content (AvgIpc) is 2.56. The van der Waals surface area contributed by atoms with Crippen molar-refractivity contribution >= 4 is 22.4 Å². The summed E-state index contributed by atoms with van der Waals surface area (Å²) >= 11 is 0. The molecule has 0 radical (unpaired) electrons. The highest BCUT2D eigenvalue weighted by Gasteiger charge is 2.12. The molecule has 0 spiro atoms. The molecule has 0 bridgehead atoms. The molecule has 0 atom stereocenters. The van der Waals surface area contributed by atoms with Crippen molar-refractivity contribution in [2.75, 3.05) is 5.32 Å². The number of para-hydroxylation sites is 1. The van der Waals surface area contributed by atoms with E-state index in [1.54, 1.807) is 6.07 Å². The molecule has 1 amide bonds. The smallest absolute Gasteiger partial charge is 0.275 e. The van der Waals surface area contributed by atoms with Crippen LogP contribution >= 0.6 is 0 Å². The molecule has 5 heteroatoms. The Bertz CT molecular complexity index is 969. The normalized spacial score (nSPS) is 10.8. The molecular formula is C19H19N3O2. The quantitative estimate of drug-likeness (QED) is 0.806. The zero-order valence-electron chi connectivity index (χ0n) is 14.0. The van der Waals surface area contributed by atoms with Crippen LogP contribution in [0, 0.1) is 20.8 Å². The van der Waals surface area contributed by atoms with Gasteiger partial charge < -0.3 is 5.32 Å². The Morgan fingerprint density at radius 1 is 1.00 bits per heavy atom. The molecule has 0 aliphatic rings. The SMILES string of the molecule is Cc1cccc(C)c1NC(=O)Cn1nc(C)c2ccccc2c1=O. The van der Waals surface area contributed by atoms with E-state index < -0.39 is 0 Å². The summed E-state index contributed by atoms with van der Waals surface area (Å²) < 4.78 is 1.22. The maximum atomic E-state index is 12.5. The summed E-state index contributed by atoms with van der Waals surface area (Å²) in [7, 11) is 0. The summed E-state index contributed by atoms with van der Waals surface area (Å²) in [5.74, 6) is -0.267. The third-order valence-corrected chi connectivity index (χ3v) is 4.09. The second-order valence-corrected chi connectivity index (χ2v) is 5.91. The van der Waals surface area contributed by atoms with Crippen LogP contribution in [0.25, 0.3) is 10.8 Å². The van der Waals surface area contributed by atoms with Gasteiger partial charge >= 0.3 is 0 Å². The molecule has 0 fully saturated rings. The molecule has 0 unspecified atom stereocenters. The van der Waals surface area contributed by atoms with Crippen LogP contribution in [0.5, 0.6) is 0 Å². The summed E-state index contributed by atoms with van der Waals surface area (Å²) in [6.45, 7) is 5.60. The lowest BCUT2D eigenvalue weighted by Gasteiger charge is -2.12. The molecule has 1 N–H and O–H groups in total. The molecule has 0 saturated carbocycles. The van der Waals surface area contributed by atoms with Crippen molar-refractivity contribution in [2.24, 2.45) is 0 Å². The Balaban J connectivity index is 1.91. The van der Waals surface area contributed by atoms with Crippen LogP contribution < -0.4 is 10.9 Å². The van der Waals surface area contributed by atoms with Gasteiger partial charge in [-0.2, -0.15) is 5.10 Å². The molecule has 0 aliphatic heterocycles. The maximum Gasteiger partial charge on any atom is 0.275 e. The predicted molar refractivity (Wildman–Crippen MR) is 95.3 cm³/mol. The number of carbonyl (C=O) groups excluding carboxylic acids is 1. The van der Waals surface area contributed by atoms with Crippen LogP contribution in [0.4, 0.5) is 5.69 Å². The first kappa shape index (κ1) is 15.9. The molecule has 1 aromatic heterocycles. The van der Waals surface area contributed by atoms with Crippen LogP contribution in [0.3, 0.4) is 0 Å². The summed E-state index contributed by atoms with van der Waals surface area (Å²) in [6, 6.07) is 13.1. The number of anilines is 1. The number of benzene rings is 2. The minimum atomic E-state index is -0.267. The van der Waals surface area contributed by atoms with Crippen LogP contribution in [-0.2, 0) is 11.3 Å². The number of aryl methyl sites for hydroxylation is 3. The van der Waals surface area contributed by atoms with Crippen LogP contribution in [0.2, 0.25) is 0 Å². The third-order valence-electron chi connectivity index (χ3n) is 4.09. The summed E-state index contributed by atoms with van der Waals surface area (Å²) in [6.07, 6.45) is 0. The van der Waals surface area contributed by atoms with Gasteiger partial charge in [-0.1, -0.05) is 36.4 Å². The monoisotopic (exact) mass is 321 g/mol. The van der Waals surface area contributed by atoms with Gasteiger partial charge in [0.05, 0.1) is 11.1 Å². The first-order valence-corrected chi connectivity index (χ1v) is 7.80. The van der Waals surface area contributed by atoms with E-state index in [0.29, 0.717) is 5.39 Å². The largest absolute Gasteiger partial charge is 0.324 e. The van der Waals surface area contributed by atoms with Gasteiger partial charge in [-0.25, -0.2) is 4.68 Å². The topological polar surface area (TPSA) is 64.0 Å². The molecule has 5 nitrogen and oxygen atoms in total. The molecule has 0 saturated heterocycles. The Kier molecular flexibility index (Phi) is 4.16. The minimum absolute atomic E-state index is 0.113. The molecule has 2 aromatic carbocycles. The van der Waals surface area contributed by atoms with Crippen molar-refractivity contribution < 1.29 is 4.79 Å². The second-order valence-electron chi connectivity index (χ2n) is 5.91. The maximum absolute atomic E-state index is 12.5. The van der Waals surface area contributed by atoms with E-state index >= 15 is 0 Å². The summed E-state index contributed by atoms with van der Waals surface area (Å²) in [5.41, 5.74) is 3.22. The van der Waals surface area contributed by atoms with Gasteiger partial charge in [-0.15, -0.1) is 0 Å². The first-order chi connectivity index (χ1) is 11.5. The van der Waals surface area contributed by atoms with Gasteiger partial charge in [0.2, 0.25) is 5.91 Å². The van der Waals surface area contributed by atoms with Crippen molar-refractivity contribution in [3.05, 3.63) is 69.6 Å². The molecule has 1 heterocycles. The Hall–Kier alpha value is -2.95. The highest BCUT2D eigenvalue weighted by molar-refractivity contribution is 5.92. The number of hydrogen-bond donors (Lipinski definition) is 1. The number of fused-ring (bicyclic) bond motifs is 1. The Morgan fingerprint density at radius 2 is 1.62 bits per heavy atom. The lowest BCUT2D eigenvalue weighted by Crippen LogP contribution is -2.30. The van der Waals surface area contributed by atoms with Gasteiger partial charge in [0, 0.05) is 11.1 Å². The Morgan fingerprint density at radius 3 is 2.29 bits per heavy atom. The van der Waals surface area contributed by atoms with Crippen molar-refractivity contribution in [3.8, 4) is 0 Å². The molecular weight excluding hydrogens is 302 g/mol. The van der Waals surface area contributed by atoms with Gasteiger partial charge in [-0.05, 0) is 38.0 Å². The van der Waals surface area contributed by atoms with E-state index in [4.69, 9.17) is 0 Å². The van der Waals surface area contributed by atoms with Crippen LogP contribution in [0.15, 0.2) is 47.3 Å². The number of nitrogens with zero attached hydrogens (tertiary/aromatic N) is 2. The molecule has 122 valence electrons. The minimum Gasteiger partial charge on any atom is -0.324 e. The zero-order valence-corrected chi connectivity index (χ0v) is 14.0. The number of nitrogens with one attached hydrogen (secondary N) is 1. The van der Waals surface area contributed by atoms with Crippen molar-refractivity contribution in [1.82, 2.24) is 9.78 Å². The molecule has 0 aliphatic carbocycles. The van der Waals surface area contributed by atoms with Gasteiger partial charge in [0.15, 0.2) is 0 Å². The van der Waals surface area contributed by atoms with E-state index in [2.05, 4.69) is 10.4 Å². The first-order valence-electron chi connectivity index (χ1n) is 7.80. The van der Waals surface area contributed by atoms with E-state index in [0.717, 1.165) is 27.9 Å². The number of carbonyl (C=O) groups is 1. The van der Waals surface area contributed by atoms with Gasteiger partial charge in [0.1, 0.15) is 6.54 Å². The molecule has 3 aromatic rings. The fraction of sp³-hybridized carbons (Fsp3) is 0.211. The second kappa shape index (κ2) is 6.28. The fourth-order valence-electron chi connectivity index (χ4n) is 2.84. The van der Waals surface area contributed by atoms with Gasteiger partial charge in [0.25, 0.3) is 5.56 Å². The zero-order chi connectivity index (χ0) is 17.3. The Labute approximate surface area is 139 Å². The highest BCUT2D eigenvalue weighted by atomic mass is 16.2. The average molecular weight is 321 g/mol. The summed E-state index contributed by atoms with van der Waals surface area (Å²) in [4.78, 5) is 24.9. The number of rotatable bonds is 3. The van der Waals surface area contributed by atoms with E-state index in [-0.39, 0.29) is 18.0 Å². The lowest BCUT2D eigenvalue weighted by molar-refractivity contribution is -0.117. The molecule has 3 rings (SSSR count). The van der Waals surface area contributed by atoms with Crippen molar-refractivity contribution in [2.45, 2.75) is 27.3 Å². The fourth-order valence-corrected chi connectivity index (χ4v) is 2.84. The van der Waals surface area contributed by atoms with E-state index in [9.17, 15) is 9.59 Å². The van der Waals surface area contributed by atoms with E-state index in [1.165, 1.54) is 4.68 Å². The highest BCUT2D eigenvalue weighted by Crippen LogP contribution is 2.19. The number of amides is 1. The standard InChI is InChI=1S/C19H19N3O2/c1-12-7-6-8-13(2)18(12)20-17(23)11-22-19(24)16-10-5-4-9-15(16)14(3)21-22/h4-10H,11H2,1-3H3,(H,20,23). The molecule has 24 heavy (non-hydrogen) atoms. The van der Waals surface area contributed by atoms with Gasteiger partial charge in [-0.3, -0.25) is 9.59 Å². The van der Waals surface area contributed by atoms with Crippen molar-refractivity contribution in [1.29, 1.82) is 0 Å². The predicted octanol–water partition coefficient (Wildman–Crippen LogP) is 2.96. The van der Waals surface area contributed by atoms with Crippen LogP contribution in [0.1, 0.15) is 16.8 Å². The van der Waals surface area contributed by atoms with Crippen molar-refractivity contribution in [3.63, 3.8) is 0 Å². The lowest BCUT2D eigenvalue weighted by atomic mass is 10.1. The number of hydrogen-bond acceptors (Lipinski definition) is 3.